The van der Waals surface area contributed by atoms with Crippen LogP contribution in [0.3, 0.4) is 0 Å². The Hall–Kier alpha value is -1.66. The highest BCUT2D eigenvalue weighted by atomic mass is 28.4. The van der Waals surface area contributed by atoms with Gasteiger partial charge in [-0.25, -0.2) is 0 Å². The number of amides is 1. The number of nitrogens with one attached hydrogen (secondary N) is 1. The number of Topliss-reactive ketones (excluding diaryl/α,β-unsaturated/α-hetero) is 1. The molecule has 4 atom stereocenters. The number of para-hydroxylation sites is 1. The molecule has 2 N–H and O–H groups in total. The first-order chi connectivity index (χ1) is 11.9. The molecule has 2 rings (SSSR count). The predicted octanol–water partition coefficient (Wildman–Crippen LogP) is 3.74. The molecule has 144 valence electrons. The molecule has 1 aliphatic rings. The minimum atomic E-state index is -2.01. The number of benzene rings is 1. The van der Waals surface area contributed by atoms with Crippen LogP contribution in [-0.4, -0.2) is 37.3 Å². The number of phenolic OH excluding ortho intramolecular Hbond substituents is 1. The summed E-state index contributed by atoms with van der Waals surface area (Å²) in [5, 5.41) is 12.9. The van der Waals surface area contributed by atoms with Crippen molar-refractivity contribution in [1.29, 1.82) is 0 Å². The Morgan fingerprint density at radius 2 is 1.81 bits per heavy atom. The van der Waals surface area contributed by atoms with Crippen LogP contribution in [0.4, 0.5) is 0 Å². The third kappa shape index (κ3) is 3.86. The van der Waals surface area contributed by atoms with Crippen LogP contribution in [0.2, 0.25) is 18.1 Å². The monoisotopic (exact) mass is 377 g/mol. The molecular weight excluding hydrogens is 346 g/mol. The van der Waals surface area contributed by atoms with Gasteiger partial charge in [-0.05, 0) is 37.2 Å². The van der Waals surface area contributed by atoms with Gasteiger partial charge in [0.05, 0.1) is 23.6 Å². The number of hydrogen-bond donors (Lipinski definition) is 2. The second-order valence-corrected chi connectivity index (χ2v) is 13.6. The standard InChI is InChI=1S/C20H31NO4Si/c1-12(18(23)14-10-8-9-11-15(14)22)17-16(19(24)21-17)13(2)25-26(6,7)20(3,4)5/h8-13,16-17,22H,1-7H3,(H,21,24)/t12-,13+,16+,17+/m0/s1. The lowest BCUT2D eigenvalue weighted by atomic mass is 9.76. The van der Waals surface area contributed by atoms with Gasteiger partial charge in [0.25, 0.3) is 0 Å². The zero-order valence-electron chi connectivity index (χ0n) is 16.8. The van der Waals surface area contributed by atoms with E-state index in [-0.39, 0.29) is 46.1 Å². The van der Waals surface area contributed by atoms with E-state index in [0.717, 1.165) is 0 Å². The van der Waals surface area contributed by atoms with Crippen molar-refractivity contribution in [3.8, 4) is 5.75 Å². The summed E-state index contributed by atoms with van der Waals surface area (Å²) in [6.45, 7) is 14.5. The van der Waals surface area contributed by atoms with E-state index in [4.69, 9.17) is 4.43 Å². The molecule has 1 aromatic rings. The van der Waals surface area contributed by atoms with E-state index < -0.39 is 14.2 Å². The van der Waals surface area contributed by atoms with Crippen molar-refractivity contribution in [1.82, 2.24) is 5.32 Å². The third-order valence-corrected chi connectivity index (χ3v) is 10.5. The second-order valence-electron chi connectivity index (χ2n) is 8.81. The Morgan fingerprint density at radius 1 is 1.23 bits per heavy atom. The first-order valence-electron chi connectivity index (χ1n) is 9.17. The first-order valence-corrected chi connectivity index (χ1v) is 12.1. The topological polar surface area (TPSA) is 75.6 Å². The lowest BCUT2D eigenvalue weighted by molar-refractivity contribution is -0.141. The predicted molar refractivity (Wildman–Crippen MR) is 105 cm³/mol. The van der Waals surface area contributed by atoms with E-state index in [1.807, 2.05) is 6.92 Å². The average Bonchev–Trinajstić information content (AvgIpc) is 2.49. The molecule has 5 nitrogen and oxygen atoms in total. The van der Waals surface area contributed by atoms with Crippen molar-refractivity contribution in [2.45, 2.75) is 64.9 Å². The number of hydrogen-bond acceptors (Lipinski definition) is 4. The van der Waals surface area contributed by atoms with Gasteiger partial charge in [-0.3, -0.25) is 9.59 Å². The molecule has 0 radical (unpaired) electrons. The van der Waals surface area contributed by atoms with E-state index in [9.17, 15) is 14.7 Å². The van der Waals surface area contributed by atoms with Crippen molar-refractivity contribution in [3.63, 3.8) is 0 Å². The van der Waals surface area contributed by atoms with Crippen LogP contribution >= 0.6 is 0 Å². The summed E-state index contributed by atoms with van der Waals surface area (Å²) in [6, 6.07) is 6.23. The molecule has 0 bridgehead atoms. The molecule has 26 heavy (non-hydrogen) atoms. The molecule has 1 aromatic carbocycles. The lowest BCUT2D eigenvalue weighted by Crippen LogP contribution is -2.66. The van der Waals surface area contributed by atoms with E-state index in [1.165, 1.54) is 6.07 Å². The molecule has 0 spiro atoms. The van der Waals surface area contributed by atoms with E-state index >= 15 is 0 Å². The minimum absolute atomic E-state index is 0.0304. The molecule has 1 fully saturated rings. The molecular formula is C20H31NO4Si. The number of β-lactam (4-membered cyclic amide) rings is 1. The summed E-state index contributed by atoms with van der Waals surface area (Å²) in [7, 11) is -2.01. The second kappa shape index (κ2) is 7.16. The van der Waals surface area contributed by atoms with Crippen LogP contribution in [0.15, 0.2) is 24.3 Å². The smallest absolute Gasteiger partial charge is 0.228 e. The largest absolute Gasteiger partial charge is 0.507 e. The van der Waals surface area contributed by atoms with Crippen LogP contribution in [0.1, 0.15) is 45.0 Å². The third-order valence-electron chi connectivity index (χ3n) is 5.91. The average molecular weight is 378 g/mol. The van der Waals surface area contributed by atoms with Gasteiger partial charge in [0.2, 0.25) is 5.91 Å². The van der Waals surface area contributed by atoms with Crippen LogP contribution in [-0.2, 0) is 9.22 Å². The highest BCUT2D eigenvalue weighted by Gasteiger charge is 2.50. The molecule has 0 saturated carbocycles. The Kier molecular flexibility index (Phi) is 5.68. The van der Waals surface area contributed by atoms with E-state index in [2.05, 4.69) is 39.2 Å². The summed E-state index contributed by atoms with van der Waals surface area (Å²) >= 11 is 0. The maximum Gasteiger partial charge on any atom is 0.228 e. The van der Waals surface area contributed by atoms with Crippen molar-refractivity contribution in [2.24, 2.45) is 11.8 Å². The fraction of sp³-hybridized carbons (Fsp3) is 0.600. The Morgan fingerprint density at radius 3 is 2.31 bits per heavy atom. The fourth-order valence-electron chi connectivity index (χ4n) is 3.16. The van der Waals surface area contributed by atoms with Gasteiger partial charge in [0.1, 0.15) is 5.75 Å². The molecule has 0 unspecified atom stereocenters. The van der Waals surface area contributed by atoms with Crippen LogP contribution in [0.5, 0.6) is 5.75 Å². The highest BCUT2D eigenvalue weighted by molar-refractivity contribution is 6.74. The van der Waals surface area contributed by atoms with Gasteiger partial charge in [-0.2, -0.15) is 0 Å². The minimum Gasteiger partial charge on any atom is -0.507 e. The van der Waals surface area contributed by atoms with Crippen molar-refractivity contribution in [2.75, 3.05) is 0 Å². The number of rotatable bonds is 6. The maximum absolute atomic E-state index is 12.8. The number of carbonyl (C=O) groups excluding carboxylic acids is 2. The van der Waals surface area contributed by atoms with Gasteiger partial charge < -0.3 is 14.8 Å². The molecule has 1 saturated heterocycles. The Bertz CT molecular complexity index is 695. The molecule has 0 aromatic heterocycles. The van der Waals surface area contributed by atoms with Crippen LogP contribution in [0, 0.1) is 11.8 Å². The highest BCUT2D eigenvalue weighted by Crippen LogP contribution is 2.40. The van der Waals surface area contributed by atoms with Gasteiger partial charge >= 0.3 is 0 Å². The molecule has 1 amide bonds. The van der Waals surface area contributed by atoms with Gasteiger partial charge in [0, 0.05) is 5.92 Å². The van der Waals surface area contributed by atoms with Crippen LogP contribution in [0.25, 0.3) is 0 Å². The van der Waals surface area contributed by atoms with Gasteiger partial charge in [0.15, 0.2) is 14.1 Å². The number of phenols is 1. The Labute approximate surface area is 157 Å². The zero-order chi connectivity index (χ0) is 19.9. The molecule has 6 heteroatoms. The zero-order valence-corrected chi connectivity index (χ0v) is 17.8. The summed E-state index contributed by atoms with van der Waals surface area (Å²) in [5.74, 6) is -1.06. The number of ketones is 1. The van der Waals surface area contributed by atoms with Crippen molar-refractivity contribution in [3.05, 3.63) is 29.8 Å². The van der Waals surface area contributed by atoms with Gasteiger partial charge in [-0.1, -0.05) is 39.8 Å². The molecule has 1 aliphatic heterocycles. The fourth-order valence-corrected chi connectivity index (χ4v) is 4.59. The quantitative estimate of drug-likeness (QED) is 0.450. The first kappa shape index (κ1) is 20.6. The normalized spacial score (nSPS) is 23.0. The SMILES string of the molecule is C[C@H](C(=O)c1ccccc1O)[C@H]1NC(=O)[C@@H]1[C@@H](C)O[Si](C)(C)C(C)(C)C. The van der Waals surface area contributed by atoms with Crippen molar-refractivity contribution >= 4 is 20.0 Å². The summed E-state index contributed by atoms with van der Waals surface area (Å²) in [5.41, 5.74) is 0.290. The molecule has 1 heterocycles. The van der Waals surface area contributed by atoms with Crippen molar-refractivity contribution < 1.29 is 19.1 Å². The maximum atomic E-state index is 12.8. The van der Waals surface area contributed by atoms with E-state index in [1.54, 1.807) is 25.1 Å². The summed E-state index contributed by atoms with van der Waals surface area (Å²) in [4.78, 5) is 25.0. The van der Waals surface area contributed by atoms with Gasteiger partial charge in [-0.15, -0.1) is 0 Å². The molecule has 0 aliphatic carbocycles. The van der Waals surface area contributed by atoms with E-state index in [0.29, 0.717) is 0 Å². The summed E-state index contributed by atoms with van der Waals surface area (Å²) in [6.07, 6.45) is -0.255. The number of carbonyl (C=O) groups is 2. The summed E-state index contributed by atoms with van der Waals surface area (Å²) < 4.78 is 6.38. The Balaban J connectivity index is 2.14. The number of aromatic hydroxyl groups is 1. The lowest BCUT2D eigenvalue weighted by Gasteiger charge is -2.46. The van der Waals surface area contributed by atoms with Crippen LogP contribution < -0.4 is 5.32 Å².